The Hall–Kier alpha value is -1.60. The third-order valence-electron chi connectivity index (χ3n) is 4.56. The first-order chi connectivity index (χ1) is 9.78. The second kappa shape index (κ2) is 5.80. The zero-order valence-corrected chi connectivity index (χ0v) is 12.2. The van der Waals surface area contributed by atoms with Gasteiger partial charge in [-0.05, 0) is 67.0 Å². The minimum atomic E-state index is 0.427. The van der Waals surface area contributed by atoms with E-state index < -0.39 is 0 Å². The summed E-state index contributed by atoms with van der Waals surface area (Å²) >= 11 is 0. The van der Waals surface area contributed by atoms with Crippen molar-refractivity contribution >= 4 is 0 Å². The highest BCUT2D eigenvalue weighted by Gasteiger charge is 2.15. The van der Waals surface area contributed by atoms with E-state index in [1.165, 1.54) is 36.0 Å². The summed E-state index contributed by atoms with van der Waals surface area (Å²) < 4.78 is 0. The number of hydrogen-bond donors (Lipinski definition) is 1. The molecule has 2 aromatic carbocycles. The molecule has 0 saturated carbocycles. The van der Waals surface area contributed by atoms with E-state index in [2.05, 4.69) is 49.4 Å². The van der Waals surface area contributed by atoms with Gasteiger partial charge in [-0.2, -0.15) is 0 Å². The number of benzene rings is 2. The lowest BCUT2D eigenvalue weighted by atomic mass is 9.88. The van der Waals surface area contributed by atoms with Crippen LogP contribution in [-0.2, 0) is 19.3 Å². The zero-order chi connectivity index (χ0) is 13.9. The fraction of sp³-hybridized carbons (Fsp3) is 0.368. The Bertz CT molecular complexity index is 600. The Morgan fingerprint density at radius 1 is 1.05 bits per heavy atom. The lowest BCUT2D eigenvalue weighted by molar-refractivity contribution is 0.689. The molecule has 1 nitrogen and oxygen atoms in total. The van der Waals surface area contributed by atoms with Gasteiger partial charge in [-0.3, -0.25) is 0 Å². The van der Waals surface area contributed by atoms with Crippen LogP contribution >= 0.6 is 0 Å². The predicted molar refractivity (Wildman–Crippen MR) is 85.1 cm³/mol. The van der Waals surface area contributed by atoms with Crippen molar-refractivity contribution in [2.75, 3.05) is 6.54 Å². The molecule has 2 N–H and O–H groups in total. The van der Waals surface area contributed by atoms with Crippen LogP contribution in [0.4, 0.5) is 0 Å². The molecule has 0 heterocycles. The summed E-state index contributed by atoms with van der Waals surface area (Å²) in [5.74, 6) is 0.427. The van der Waals surface area contributed by atoms with Crippen molar-refractivity contribution in [3.8, 4) is 0 Å². The smallest absolute Gasteiger partial charge is 0.000419 e. The molecule has 20 heavy (non-hydrogen) atoms. The monoisotopic (exact) mass is 265 g/mol. The normalized spacial score (nSPS) is 15.1. The van der Waals surface area contributed by atoms with Crippen LogP contribution in [0.15, 0.2) is 42.5 Å². The second-order valence-corrected chi connectivity index (χ2v) is 5.95. The standard InChI is InChI=1S/C19H23N/c1-14-5-2-3-8-19(14)18(13-20)12-15-9-10-16-6-4-7-17(16)11-15/h2-3,5,8-11,18H,4,6-7,12-13,20H2,1H3. The van der Waals surface area contributed by atoms with E-state index in [0.29, 0.717) is 12.5 Å². The fourth-order valence-corrected chi connectivity index (χ4v) is 3.40. The molecular formula is C19H23N. The molecule has 0 saturated heterocycles. The zero-order valence-electron chi connectivity index (χ0n) is 12.2. The molecule has 3 rings (SSSR count). The molecule has 2 aromatic rings. The van der Waals surface area contributed by atoms with Gasteiger partial charge in [0.15, 0.2) is 0 Å². The highest BCUT2D eigenvalue weighted by Crippen LogP contribution is 2.27. The van der Waals surface area contributed by atoms with Gasteiger partial charge in [-0.25, -0.2) is 0 Å². The summed E-state index contributed by atoms with van der Waals surface area (Å²) in [6, 6.07) is 15.6. The van der Waals surface area contributed by atoms with Crippen LogP contribution in [0.1, 0.15) is 40.2 Å². The van der Waals surface area contributed by atoms with Crippen LogP contribution in [0.5, 0.6) is 0 Å². The van der Waals surface area contributed by atoms with Gasteiger partial charge in [-0.15, -0.1) is 0 Å². The Morgan fingerprint density at radius 2 is 1.85 bits per heavy atom. The van der Waals surface area contributed by atoms with Crippen molar-refractivity contribution in [1.82, 2.24) is 0 Å². The van der Waals surface area contributed by atoms with Crippen LogP contribution in [0.3, 0.4) is 0 Å². The molecule has 0 spiro atoms. The molecule has 0 bridgehead atoms. The highest BCUT2D eigenvalue weighted by atomic mass is 14.5. The van der Waals surface area contributed by atoms with Crippen LogP contribution in [0.2, 0.25) is 0 Å². The van der Waals surface area contributed by atoms with Gasteiger partial charge in [0.1, 0.15) is 0 Å². The van der Waals surface area contributed by atoms with Gasteiger partial charge in [-0.1, -0.05) is 42.5 Å². The van der Waals surface area contributed by atoms with Gasteiger partial charge in [0.25, 0.3) is 0 Å². The quantitative estimate of drug-likeness (QED) is 0.894. The van der Waals surface area contributed by atoms with Gasteiger partial charge < -0.3 is 5.73 Å². The molecule has 1 atom stereocenters. The van der Waals surface area contributed by atoms with E-state index in [1.54, 1.807) is 11.1 Å². The highest BCUT2D eigenvalue weighted by molar-refractivity contribution is 5.37. The first kappa shape index (κ1) is 13.4. The van der Waals surface area contributed by atoms with Gasteiger partial charge in [0.05, 0.1) is 0 Å². The Balaban J connectivity index is 1.83. The van der Waals surface area contributed by atoms with Crippen LogP contribution in [0, 0.1) is 6.92 Å². The van der Waals surface area contributed by atoms with E-state index in [1.807, 2.05) is 0 Å². The van der Waals surface area contributed by atoms with Crippen molar-refractivity contribution in [2.45, 2.75) is 38.5 Å². The average Bonchev–Trinajstić information content (AvgIpc) is 2.93. The lowest BCUT2D eigenvalue weighted by Gasteiger charge is -2.18. The third-order valence-corrected chi connectivity index (χ3v) is 4.56. The summed E-state index contributed by atoms with van der Waals surface area (Å²) in [4.78, 5) is 0. The van der Waals surface area contributed by atoms with E-state index in [4.69, 9.17) is 5.73 Å². The molecule has 0 fully saturated rings. The Kier molecular flexibility index (Phi) is 3.88. The summed E-state index contributed by atoms with van der Waals surface area (Å²) in [5, 5.41) is 0. The topological polar surface area (TPSA) is 26.0 Å². The van der Waals surface area contributed by atoms with Crippen LogP contribution in [-0.4, -0.2) is 6.54 Å². The van der Waals surface area contributed by atoms with E-state index in [-0.39, 0.29) is 0 Å². The van der Waals surface area contributed by atoms with E-state index in [0.717, 1.165) is 6.42 Å². The molecule has 1 aliphatic rings. The molecule has 0 aliphatic heterocycles. The van der Waals surface area contributed by atoms with Crippen molar-refractivity contribution in [3.63, 3.8) is 0 Å². The Labute approximate surface area is 121 Å². The summed E-state index contributed by atoms with van der Waals surface area (Å²) in [6.07, 6.45) is 4.88. The largest absolute Gasteiger partial charge is 0.330 e. The maximum absolute atomic E-state index is 6.03. The summed E-state index contributed by atoms with van der Waals surface area (Å²) in [6.45, 7) is 2.89. The summed E-state index contributed by atoms with van der Waals surface area (Å²) in [7, 11) is 0. The summed E-state index contributed by atoms with van der Waals surface area (Å²) in [5.41, 5.74) is 13.3. The number of hydrogen-bond acceptors (Lipinski definition) is 1. The molecule has 1 unspecified atom stereocenters. The molecule has 1 aliphatic carbocycles. The number of fused-ring (bicyclic) bond motifs is 1. The van der Waals surface area contributed by atoms with E-state index >= 15 is 0 Å². The minimum Gasteiger partial charge on any atom is -0.330 e. The van der Waals surface area contributed by atoms with Crippen LogP contribution < -0.4 is 5.73 Å². The van der Waals surface area contributed by atoms with Crippen molar-refractivity contribution in [2.24, 2.45) is 5.73 Å². The van der Waals surface area contributed by atoms with Gasteiger partial charge in [0.2, 0.25) is 0 Å². The second-order valence-electron chi connectivity index (χ2n) is 5.95. The number of rotatable bonds is 4. The fourth-order valence-electron chi connectivity index (χ4n) is 3.40. The van der Waals surface area contributed by atoms with Crippen molar-refractivity contribution < 1.29 is 0 Å². The first-order valence-corrected chi connectivity index (χ1v) is 7.64. The number of aryl methyl sites for hydroxylation is 3. The van der Waals surface area contributed by atoms with Gasteiger partial charge >= 0.3 is 0 Å². The molecule has 0 aromatic heterocycles. The minimum absolute atomic E-state index is 0.427. The van der Waals surface area contributed by atoms with Crippen molar-refractivity contribution in [3.05, 3.63) is 70.3 Å². The maximum atomic E-state index is 6.03. The Morgan fingerprint density at radius 3 is 2.65 bits per heavy atom. The molecule has 104 valence electrons. The van der Waals surface area contributed by atoms with E-state index in [9.17, 15) is 0 Å². The first-order valence-electron chi connectivity index (χ1n) is 7.64. The average molecular weight is 265 g/mol. The molecular weight excluding hydrogens is 242 g/mol. The molecule has 0 radical (unpaired) electrons. The lowest BCUT2D eigenvalue weighted by Crippen LogP contribution is -2.16. The molecule has 1 heteroatoms. The third kappa shape index (κ3) is 2.64. The van der Waals surface area contributed by atoms with Crippen LogP contribution in [0.25, 0.3) is 0 Å². The van der Waals surface area contributed by atoms with Crippen molar-refractivity contribution in [1.29, 1.82) is 0 Å². The predicted octanol–water partition coefficient (Wildman–Crippen LogP) is 3.77. The molecule has 0 amide bonds. The maximum Gasteiger partial charge on any atom is 0.000419 e. The van der Waals surface area contributed by atoms with Gasteiger partial charge in [0, 0.05) is 5.92 Å². The SMILES string of the molecule is Cc1ccccc1C(CN)Cc1ccc2c(c1)CCC2. The number of nitrogens with two attached hydrogens (primary N) is 1.